The Bertz CT molecular complexity index is 1020. The summed E-state index contributed by atoms with van der Waals surface area (Å²) in [5, 5.41) is 0. The molecule has 0 aliphatic heterocycles. The molecule has 0 aliphatic rings. The monoisotopic (exact) mass is 421 g/mol. The number of methoxy groups -OCH3 is 2. The van der Waals surface area contributed by atoms with E-state index in [2.05, 4.69) is 4.72 Å². The Kier molecular flexibility index (Phi) is 7.35. The van der Waals surface area contributed by atoms with Crippen LogP contribution in [0.4, 0.5) is 0 Å². The van der Waals surface area contributed by atoms with Crippen molar-refractivity contribution >= 4 is 21.8 Å². The second kappa shape index (κ2) is 9.53. The number of carbonyl (C=O) groups excluding carboxylic acids is 2. The molecule has 9 heteroatoms. The molecule has 0 aromatic heterocycles. The Hall–Kier alpha value is -2.91. The molecule has 2 aromatic carbocycles. The van der Waals surface area contributed by atoms with Gasteiger partial charge in [0.2, 0.25) is 15.8 Å². The molecule has 156 valence electrons. The number of hydrogen-bond donors (Lipinski definition) is 1. The number of esters is 1. The van der Waals surface area contributed by atoms with E-state index in [0.29, 0.717) is 11.5 Å². The molecule has 1 N–H and O–H groups in total. The normalized spacial score (nSPS) is 11.0. The minimum Gasteiger partial charge on any atom is -0.497 e. The van der Waals surface area contributed by atoms with Crippen LogP contribution in [0.1, 0.15) is 21.5 Å². The van der Waals surface area contributed by atoms with E-state index in [1.54, 1.807) is 25.1 Å². The fourth-order valence-corrected chi connectivity index (χ4v) is 3.48. The van der Waals surface area contributed by atoms with E-state index >= 15 is 0 Å². The quantitative estimate of drug-likeness (QED) is 0.487. The van der Waals surface area contributed by atoms with Gasteiger partial charge in [-0.05, 0) is 55.3 Å². The minimum absolute atomic E-state index is 0.0468. The first-order valence-electron chi connectivity index (χ1n) is 8.65. The van der Waals surface area contributed by atoms with E-state index in [1.807, 2.05) is 6.92 Å². The second-order valence-electron chi connectivity index (χ2n) is 6.22. The summed E-state index contributed by atoms with van der Waals surface area (Å²) in [6, 6.07) is 9.31. The van der Waals surface area contributed by atoms with Gasteiger partial charge in [0, 0.05) is 0 Å². The van der Waals surface area contributed by atoms with Crippen LogP contribution in [0.15, 0.2) is 41.3 Å². The standard InChI is InChI=1S/C20H23NO7S/c1-13-5-7-16(9-14(13)2)29(24,25)21-11-20(23)28-12-18(22)17-10-15(26-3)6-8-19(17)27-4/h5-10,21H,11-12H2,1-4H3. The summed E-state index contributed by atoms with van der Waals surface area (Å²) in [5.41, 5.74) is 1.96. The zero-order chi connectivity index (χ0) is 21.6. The third-order valence-electron chi connectivity index (χ3n) is 4.27. The summed E-state index contributed by atoms with van der Waals surface area (Å²) in [7, 11) is -1.01. The second-order valence-corrected chi connectivity index (χ2v) is 7.99. The van der Waals surface area contributed by atoms with Gasteiger partial charge in [-0.2, -0.15) is 4.72 Å². The maximum Gasteiger partial charge on any atom is 0.321 e. The van der Waals surface area contributed by atoms with Gasteiger partial charge in [-0.1, -0.05) is 6.07 Å². The number of aryl methyl sites for hydroxylation is 2. The van der Waals surface area contributed by atoms with Crippen LogP contribution in [0.5, 0.6) is 11.5 Å². The molecule has 0 aliphatic carbocycles. The van der Waals surface area contributed by atoms with Crippen molar-refractivity contribution in [2.75, 3.05) is 27.4 Å². The van der Waals surface area contributed by atoms with Crippen LogP contribution in [-0.4, -0.2) is 47.5 Å². The highest BCUT2D eigenvalue weighted by Gasteiger charge is 2.19. The lowest BCUT2D eigenvalue weighted by molar-refractivity contribution is -0.141. The van der Waals surface area contributed by atoms with Crippen molar-refractivity contribution in [3.05, 3.63) is 53.1 Å². The van der Waals surface area contributed by atoms with Crippen molar-refractivity contribution in [3.8, 4) is 11.5 Å². The number of carbonyl (C=O) groups is 2. The molecule has 2 rings (SSSR count). The topological polar surface area (TPSA) is 108 Å². The average molecular weight is 421 g/mol. The molecular weight excluding hydrogens is 398 g/mol. The molecule has 0 unspecified atom stereocenters. The summed E-state index contributed by atoms with van der Waals surface area (Å²) >= 11 is 0. The number of ether oxygens (including phenoxy) is 3. The number of Topliss-reactive ketones (excluding diaryl/α,β-unsaturated/α-hetero) is 1. The Balaban J connectivity index is 1.96. The summed E-state index contributed by atoms with van der Waals surface area (Å²) in [4.78, 5) is 24.3. The minimum atomic E-state index is -3.88. The Morgan fingerprint density at radius 1 is 0.966 bits per heavy atom. The van der Waals surface area contributed by atoms with E-state index in [-0.39, 0.29) is 10.5 Å². The van der Waals surface area contributed by atoms with Gasteiger partial charge < -0.3 is 14.2 Å². The summed E-state index contributed by atoms with van der Waals surface area (Å²) in [6.45, 7) is 2.50. The first-order valence-corrected chi connectivity index (χ1v) is 10.1. The molecule has 0 amide bonds. The molecule has 8 nitrogen and oxygen atoms in total. The summed E-state index contributed by atoms with van der Waals surface area (Å²) in [6.07, 6.45) is 0. The van der Waals surface area contributed by atoms with Gasteiger partial charge >= 0.3 is 5.97 Å². The van der Waals surface area contributed by atoms with E-state index in [4.69, 9.17) is 14.2 Å². The SMILES string of the molecule is COc1ccc(OC)c(C(=O)COC(=O)CNS(=O)(=O)c2ccc(C)c(C)c2)c1. The molecule has 29 heavy (non-hydrogen) atoms. The fraction of sp³-hybridized carbons (Fsp3) is 0.300. The van der Waals surface area contributed by atoms with Gasteiger partial charge in [0.05, 0.1) is 24.7 Å². The van der Waals surface area contributed by atoms with Crippen molar-refractivity contribution in [3.63, 3.8) is 0 Å². The lowest BCUT2D eigenvalue weighted by Crippen LogP contribution is -2.31. The molecule has 0 atom stereocenters. The molecule has 0 heterocycles. The molecular formula is C20H23NO7S. The number of hydrogen-bond acceptors (Lipinski definition) is 7. The van der Waals surface area contributed by atoms with Crippen molar-refractivity contribution in [1.29, 1.82) is 0 Å². The third kappa shape index (κ3) is 5.78. The van der Waals surface area contributed by atoms with Crippen LogP contribution in [0.2, 0.25) is 0 Å². The predicted octanol–water partition coefficient (Wildman–Crippen LogP) is 2.03. The number of ketones is 1. The van der Waals surface area contributed by atoms with Gasteiger partial charge in [0.15, 0.2) is 6.61 Å². The van der Waals surface area contributed by atoms with Gasteiger partial charge in [-0.25, -0.2) is 8.42 Å². The zero-order valence-electron chi connectivity index (χ0n) is 16.6. The number of rotatable bonds is 9. The molecule has 2 aromatic rings. The van der Waals surface area contributed by atoms with Crippen LogP contribution < -0.4 is 14.2 Å². The lowest BCUT2D eigenvalue weighted by Gasteiger charge is -2.11. The summed E-state index contributed by atoms with van der Waals surface area (Å²) < 4.78 is 41.9. The Morgan fingerprint density at radius 3 is 2.31 bits per heavy atom. The summed E-state index contributed by atoms with van der Waals surface area (Å²) in [5.74, 6) is -0.636. The maximum atomic E-state index is 12.3. The van der Waals surface area contributed by atoms with Crippen LogP contribution in [0.3, 0.4) is 0 Å². The van der Waals surface area contributed by atoms with Gasteiger partial charge in [-0.15, -0.1) is 0 Å². The first-order chi connectivity index (χ1) is 13.7. The van der Waals surface area contributed by atoms with Gasteiger partial charge in [0.25, 0.3) is 0 Å². The number of benzene rings is 2. The van der Waals surface area contributed by atoms with E-state index in [1.165, 1.54) is 32.4 Å². The van der Waals surface area contributed by atoms with Crippen LogP contribution in [-0.2, 0) is 19.6 Å². The highest BCUT2D eigenvalue weighted by molar-refractivity contribution is 7.89. The highest BCUT2D eigenvalue weighted by Crippen LogP contribution is 2.24. The Labute approximate surface area is 169 Å². The third-order valence-corrected chi connectivity index (χ3v) is 5.67. The van der Waals surface area contributed by atoms with Crippen molar-refractivity contribution in [1.82, 2.24) is 4.72 Å². The maximum absolute atomic E-state index is 12.3. The van der Waals surface area contributed by atoms with Crippen molar-refractivity contribution in [2.24, 2.45) is 0 Å². The molecule has 0 fully saturated rings. The molecule has 0 bridgehead atoms. The molecule has 0 radical (unpaired) electrons. The van der Waals surface area contributed by atoms with Gasteiger partial charge in [0.1, 0.15) is 18.0 Å². The molecule has 0 spiro atoms. The van der Waals surface area contributed by atoms with E-state index in [0.717, 1.165) is 11.1 Å². The van der Waals surface area contributed by atoms with E-state index in [9.17, 15) is 18.0 Å². The van der Waals surface area contributed by atoms with Crippen molar-refractivity contribution < 1.29 is 32.2 Å². The van der Waals surface area contributed by atoms with Crippen LogP contribution in [0, 0.1) is 13.8 Å². The molecule has 0 saturated carbocycles. The van der Waals surface area contributed by atoms with Crippen LogP contribution in [0.25, 0.3) is 0 Å². The average Bonchev–Trinajstić information content (AvgIpc) is 2.71. The number of nitrogens with one attached hydrogen (secondary N) is 1. The van der Waals surface area contributed by atoms with Gasteiger partial charge in [-0.3, -0.25) is 9.59 Å². The van der Waals surface area contributed by atoms with Crippen molar-refractivity contribution in [2.45, 2.75) is 18.7 Å². The number of sulfonamides is 1. The lowest BCUT2D eigenvalue weighted by atomic mass is 10.1. The predicted molar refractivity (Wildman–Crippen MR) is 106 cm³/mol. The Morgan fingerprint density at radius 2 is 1.69 bits per heavy atom. The van der Waals surface area contributed by atoms with Crippen LogP contribution >= 0.6 is 0 Å². The highest BCUT2D eigenvalue weighted by atomic mass is 32.2. The fourth-order valence-electron chi connectivity index (χ4n) is 2.43. The largest absolute Gasteiger partial charge is 0.497 e. The molecule has 0 saturated heterocycles. The smallest absolute Gasteiger partial charge is 0.321 e. The van der Waals surface area contributed by atoms with E-state index < -0.39 is 34.9 Å². The first kappa shape index (κ1) is 22.4. The zero-order valence-corrected chi connectivity index (χ0v) is 17.5.